The van der Waals surface area contributed by atoms with Crippen LogP contribution in [0.2, 0.25) is 0 Å². The summed E-state index contributed by atoms with van der Waals surface area (Å²) in [6.45, 7) is 3.97. The molecule has 0 aromatic rings. The molecule has 0 saturated carbocycles. The Labute approximate surface area is 68.4 Å². The van der Waals surface area contributed by atoms with E-state index in [4.69, 9.17) is 10.2 Å². The smallest absolute Gasteiger partial charge is 0.0770 e. The molecule has 0 radical (unpaired) electrons. The van der Waals surface area contributed by atoms with Crippen molar-refractivity contribution in [3.8, 4) is 0 Å². The van der Waals surface area contributed by atoms with E-state index in [-0.39, 0.29) is 6.61 Å². The number of hydrogen-bond acceptors (Lipinski definition) is 3. The highest BCUT2D eigenvalue weighted by Gasteiger charge is 1.99. The van der Waals surface area contributed by atoms with Gasteiger partial charge in [0.25, 0.3) is 0 Å². The molecule has 0 aromatic heterocycles. The van der Waals surface area contributed by atoms with Crippen LogP contribution in [-0.4, -0.2) is 36.0 Å². The average Bonchev–Trinajstić information content (AvgIpc) is 2.04. The lowest BCUT2D eigenvalue weighted by Crippen LogP contribution is -2.16. The van der Waals surface area contributed by atoms with E-state index in [1.807, 2.05) is 0 Å². The van der Waals surface area contributed by atoms with Crippen LogP contribution in [0.3, 0.4) is 0 Å². The van der Waals surface area contributed by atoms with Gasteiger partial charge < -0.3 is 15.5 Å². The number of nitrogens with one attached hydrogen (secondary N) is 1. The van der Waals surface area contributed by atoms with E-state index in [1.165, 1.54) is 0 Å². The largest absolute Gasteiger partial charge is 0.394 e. The minimum Gasteiger partial charge on any atom is -0.394 e. The molecule has 0 aromatic carbocycles. The topological polar surface area (TPSA) is 52.5 Å². The molecule has 0 aliphatic rings. The zero-order valence-electron chi connectivity index (χ0n) is 7.21. The number of aliphatic hydroxyl groups is 2. The lowest BCUT2D eigenvalue weighted by Gasteiger charge is -2.05. The molecule has 0 bridgehead atoms. The number of hydrogen-bond donors (Lipinski definition) is 3. The highest BCUT2D eigenvalue weighted by atomic mass is 16.3. The molecule has 0 aliphatic carbocycles. The summed E-state index contributed by atoms with van der Waals surface area (Å²) in [4.78, 5) is 0. The summed E-state index contributed by atoms with van der Waals surface area (Å²) >= 11 is 0. The maximum atomic E-state index is 8.94. The molecule has 0 saturated heterocycles. The molecule has 3 heteroatoms. The zero-order valence-corrected chi connectivity index (χ0v) is 7.21. The van der Waals surface area contributed by atoms with Gasteiger partial charge in [-0.3, -0.25) is 0 Å². The first-order valence-electron chi connectivity index (χ1n) is 4.31. The van der Waals surface area contributed by atoms with Crippen molar-refractivity contribution in [2.45, 2.75) is 32.3 Å². The van der Waals surface area contributed by atoms with Crippen molar-refractivity contribution in [2.75, 3.05) is 19.7 Å². The second-order valence-corrected chi connectivity index (χ2v) is 2.69. The molecular formula is C8H19NO2. The Bertz CT molecular complexity index is 78.5. The summed E-state index contributed by atoms with van der Waals surface area (Å²) in [5.41, 5.74) is 0. The first-order chi connectivity index (χ1) is 5.31. The molecule has 68 valence electrons. The molecule has 3 nitrogen and oxygen atoms in total. The molecule has 3 N–H and O–H groups in total. The van der Waals surface area contributed by atoms with Crippen LogP contribution < -0.4 is 5.32 Å². The molecule has 0 spiro atoms. The van der Waals surface area contributed by atoms with Crippen LogP contribution in [0.15, 0.2) is 0 Å². The van der Waals surface area contributed by atoms with E-state index < -0.39 is 6.10 Å². The predicted molar refractivity (Wildman–Crippen MR) is 45.5 cm³/mol. The first kappa shape index (κ1) is 10.9. The Morgan fingerprint density at radius 2 is 2.09 bits per heavy atom. The molecular weight excluding hydrogens is 142 g/mol. The standard InChI is InChI=1S/C8H19NO2/c1-2-9-6-4-3-5-8(11)7-10/h8-11H,2-7H2,1H3/t8-/m0/s1. The molecule has 0 unspecified atom stereocenters. The maximum Gasteiger partial charge on any atom is 0.0770 e. The summed E-state index contributed by atoms with van der Waals surface area (Å²) < 4.78 is 0. The number of aliphatic hydroxyl groups excluding tert-OH is 2. The van der Waals surface area contributed by atoms with Crippen LogP contribution in [0.4, 0.5) is 0 Å². The fourth-order valence-electron chi connectivity index (χ4n) is 0.898. The average molecular weight is 161 g/mol. The highest BCUT2D eigenvalue weighted by molar-refractivity contribution is 4.53. The maximum absolute atomic E-state index is 8.94. The van der Waals surface area contributed by atoms with Crippen molar-refractivity contribution >= 4 is 0 Å². The fourth-order valence-corrected chi connectivity index (χ4v) is 0.898. The zero-order chi connectivity index (χ0) is 8.53. The molecule has 0 amide bonds. The minimum atomic E-state index is -0.517. The van der Waals surface area contributed by atoms with Gasteiger partial charge in [0.15, 0.2) is 0 Å². The van der Waals surface area contributed by atoms with Gasteiger partial charge in [0, 0.05) is 0 Å². The SMILES string of the molecule is CCNCCCC[C@H](O)CO. The van der Waals surface area contributed by atoms with Gasteiger partial charge in [-0.2, -0.15) is 0 Å². The van der Waals surface area contributed by atoms with Gasteiger partial charge >= 0.3 is 0 Å². The lowest BCUT2D eigenvalue weighted by molar-refractivity contribution is 0.0862. The van der Waals surface area contributed by atoms with Gasteiger partial charge in [-0.15, -0.1) is 0 Å². The fraction of sp³-hybridized carbons (Fsp3) is 1.00. The van der Waals surface area contributed by atoms with Crippen LogP contribution in [0.1, 0.15) is 26.2 Å². The quantitative estimate of drug-likeness (QED) is 0.465. The van der Waals surface area contributed by atoms with E-state index in [9.17, 15) is 0 Å². The summed E-state index contributed by atoms with van der Waals surface area (Å²) in [5.74, 6) is 0. The van der Waals surface area contributed by atoms with Crippen molar-refractivity contribution in [2.24, 2.45) is 0 Å². The Morgan fingerprint density at radius 1 is 1.36 bits per heavy atom. The minimum absolute atomic E-state index is 0.110. The van der Waals surface area contributed by atoms with E-state index >= 15 is 0 Å². The van der Waals surface area contributed by atoms with E-state index in [0.29, 0.717) is 6.42 Å². The van der Waals surface area contributed by atoms with Gasteiger partial charge in [0.05, 0.1) is 12.7 Å². The molecule has 0 fully saturated rings. The second-order valence-electron chi connectivity index (χ2n) is 2.69. The van der Waals surface area contributed by atoms with Crippen molar-refractivity contribution in [1.82, 2.24) is 5.32 Å². The lowest BCUT2D eigenvalue weighted by atomic mass is 10.1. The second kappa shape index (κ2) is 7.98. The Balaban J connectivity index is 2.89. The highest BCUT2D eigenvalue weighted by Crippen LogP contribution is 1.98. The summed E-state index contributed by atoms with van der Waals surface area (Å²) in [6.07, 6.45) is 2.25. The third kappa shape index (κ3) is 7.78. The molecule has 0 heterocycles. The predicted octanol–water partition coefficient (Wildman–Crippen LogP) is 0.119. The van der Waals surface area contributed by atoms with Crippen molar-refractivity contribution < 1.29 is 10.2 Å². The summed E-state index contributed by atoms with van der Waals surface area (Å²) in [6, 6.07) is 0. The third-order valence-corrected chi connectivity index (χ3v) is 1.60. The van der Waals surface area contributed by atoms with Crippen LogP contribution in [0, 0.1) is 0 Å². The van der Waals surface area contributed by atoms with Crippen LogP contribution in [0.25, 0.3) is 0 Å². The van der Waals surface area contributed by atoms with Gasteiger partial charge in [0.2, 0.25) is 0 Å². The van der Waals surface area contributed by atoms with Crippen LogP contribution in [-0.2, 0) is 0 Å². The van der Waals surface area contributed by atoms with Gasteiger partial charge in [-0.05, 0) is 32.4 Å². The molecule has 11 heavy (non-hydrogen) atoms. The number of rotatable bonds is 7. The molecule has 0 aliphatic heterocycles. The Morgan fingerprint density at radius 3 is 2.64 bits per heavy atom. The molecule has 1 atom stereocenters. The molecule has 0 rings (SSSR count). The third-order valence-electron chi connectivity index (χ3n) is 1.60. The summed E-state index contributed by atoms with van der Waals surface area (Å²) in [7, 11) is 0. The van der Waals surface area contributed by atoms with Crippen molar-refractivity contribution in [1.29, 1.82) is 0 Å². The Kier molecular flexibility index (Phi) is 7.89. The van der Waals surface area contributed by atoms with E-state index in [0.717, 1.165) is 25.9 Å². The van der Waals surface area contributed by atoms with Gasteiger partial charge in [0.1, 0.15) is 0 Å². The monoisotopic (exact) mass is 161 g/mol. The van der Waals surface area contributed by atoms with Crippen molar-refractivity contribution in [3.05, 3.63) is 0 Å². The number of unbranched alkanes of at least 4 members (excludes halogenated alkanes) is 1. The van der Waals surface area contributed by atoms with Crippen LogP contribution in [0.5, 0.6) is 0 Å². The van der Waals surface area contributed by atoms with Crippen molar-refractivity contribution in [3.63, 3.8) is 0 Å². The van der Waals surface area contributed by atoms with E-state index in [2.05, 4.69) is 12.2 Å². The van der Waals surface area contributed by atoms with Gasteiger partial charge in [-0.1, -0.05) is 6.92 Å². The normalized spacial score (nSPS) is 13.4. The van der Waals surface area contributed by atoms with Gasteiger partial charge in [-0.25, -0.2) is 0 Å². The summed E-state index contributed by atoms with van der Waals surface area (Å²) in [5, 5.41) is 20.6. The van der Waals surface area contributed by atoms with E-state index in [1.54, 1.807) is 0 Å². The Hall–Kier alpha value is -0.120. The van der Waals surface area contributed by atoms with Crippen LogP contribution >= 0.6 is 0 Å². The first-order valence-corrected chi connectivity index (χ1v) is 4.31.